The minimum absolute atomic E-state index is 0.0199. The maximum Gasteiger partial charge on any atom is 0.200 e. The van der Waals surface area contributed by atoms with Gasteiger partial charge in [-0.2, -0.15) is 0 Å². The van der Waals surface area contributed by atoms with E-state index in [1.54, 1.807) is 6.07 Å². The van der Waals surface area contributed by atoms with Crippen LogP contribution in [0.4, 0.5) is 0 Å². The fourth-order valence-electron chi connectivity index (χ4n) is 3.14. The Hall–Kier alpha value is -2.87. The molecule has 0 N–H and O–H groups in total. The highest BCUT2D eigenvalue weighted by Gasteiger charge is 2.13. The lowest BCUT2D eigenvalue weighted by Crippen LogP contribution is -2.10. The molecule has 4 aromatic rings. The van der Waals surface area contributed by atoms with Crippen LogP contribution in [0.3, 0.4) is 0 Å². The number of para-hydroxylation sites is 1. The molecule has 0 bridgehead atoms. The Morgan fingerprint density at radius 2 is 1.36 bits per heavy atom. The molecule has 0 spiro atoms. The summed E-state index contributed by atoms with van der Waals surface area (Å²) in [6.07, 6.45) is 0. The molecule has 0 radical (unpaired) electrons. The molecule has 1 aromatic heterocycles. The molecule has 0 atom stereocenters. The van der Waals surface area contributed by atoms with E-state index < -0.39 is 0 Å². The molecule has 0 aliphatic rings. The van der Waals surface area contributed by atoms with Gasteiger partial charge >= 0.3 is 0 Å². The van der Waals surface area contributed by atoms with Crippen molar-refractivity contribution in [3.8, 4) is 11.1 Å². The third-order valence-corrected chi connectivity index (χ3v) is 4.66. The number of benzene rings is 3. The Morgan fingerprint density at radius 1 is 0.720 bits per heavy atom. The van der Waals surface area contributed by atoms with Gasteiger partial charge in [0.05, 0.1) is 10.8 Å². The van der Waals surface area contributed by atoms with Gasteiger partial charge in [-0.15, -0.1) is 0 Å². The summed E-state index contributed by atoms with van der Waals surface area (Å²) in [4.78, 5) is 12.6. The van der Waals surface area contributed by atoms with Crippen LogP contribution in [0.2, 0.25) is 0 Å². The molecule has 124 valence electrons. The number of hydrogen-bond acceptors (Lipinski definition) is 2. The van der Waals surface area contributed by atoms with Crippen molar-refractivity contribution in [2.45, 2.75) is 26.2 Å². The Labute approximate surface area is 146 Å². The van der Waals surface area contributed by atoms with Crippen LogP contribution in [-0.4, -0.2) is 0 Å². The molecule has 0 aliphatic carbocycles. The van der Waals surface area contributed by atoms with Gasteiger partial charge in [-0.1, -0.05) is 63.2 Å². The average Bonchev–Trinajstić information content (AvgIpc) is 2.61. The third kappa shape index (κ3) is 2.74. The molecule has 2 nitrogen and oxygen atoms in total. The zero-order chi connectivity index (χ0) is 17.6. The normalized spacial score (nSPS) is 12.0. The molecule has 4 rings (SSSR count). The maximum absolute atomic E-state index is 12.6. The van der Waals surface area contributed by atoms with Crippen LogP contribution in [0, 0.1) is 0 Å². The highest BCUT2D eigenvalue weighted by molar-refractivity contribution is 5.91. The molecule has 25 heavy (non-hydrogen) atoms. The summed E-state index contributed by atoms with van der Waals surface area (Å²) in [5.41, 5.74) is 4.87. The van der Waals surface area contributed by atoms with Crippen LogP contribution in [-0.2, 0) is 5.41 Å². The van der Waals surface area contributed by atoms with Gasteiger partial charge in [0.25, 0.3) is 0 Å². The molecule has 0 fully saturated rings. The topological polar surface area (TPSA) is 30.2 Å². The first-order chi connectivity index (χ1) is 11.9. The van der Waals surface area contributed by atoms with Crippen LogP contribution in [0.25, 0.3) is 33.1 Å². The van der Waals surface area contributed by atoms with Crippen LogP contribution in [0.5, 0.6) is 0 Å². The number of fused-ring (bicyclic) bond motifs is 2. The van der Waals surface area contributed by atoms with Crippen molar-refractivity contribution < 1.29 is 4.42 Å². The summed E-state index contributed by atoms with van der Waals surface area (Å²) in [5, 5.41) is 1.24. The zero-order valence-electron chi connectivity index (χ0n) is 14.7. The van der Waals surface area contributed by atoms with Crippen molar-refractivity contribution in [2.75, 3.05) is 0 Å². The number of hydrogen-bond donors (Lipinski definition) is 0. The van der Waals surface area contributed by atoms with Crippen molar-refractivity contribution in [1.29, 1.82) is 0 Å². The van der Waals surface area contributed by atoms with E-state index in [0.29, 0.717) is 21.9 Å². The molecule has 0 aliphatic heterocycles. The van der Waals surface area contributed by atoms with Gasteiger partial charge in [0, 0.05) is 0 Å². The monoisotopic (exact) mass is 328 g/mol. The minimum Gasteiger partial charge on any atom is -0.456 e. The lowest BCUT2D eigenvalue weighted by atomic mass is 9.86. The third-order valence-electron chi connectivity index (χ3n) is 4.66. The molecular formula is C23H20O2. The van der Waals surface area contributed by atoms with E-state index >= 15 is 0 Å². The lowest BCUT2D eigenvalue weighted by Gasteiger charge is -2.19. The molecule has 1 heterocycles. The van der Waals surface area contributed by atoms with E-state index in [9.17, 15) is 4.79 Å². The lowest BCUT2D eigenvalue weighted by molar-refractivity contribution is 0.590. The second-order valence-electron chi connectivity index (χ2n) is 7.47. The smallest absolute Gasteiger partial charge is 0.200 e. The fraction of sp³-hybridized carbons (Fsp3) is 0.174. The molecular weight excluding hydrogens is 308 g/mol. The summed E-state index contributed by atoms with van der Waals surface area (Å²) >= 11 is 0. The van der Waals surface area contributed by atoms with Crippen molar-refractivity contribution in [3.63, 3.8) is 0 Å². The highest BCUT2D eigenvalue weighted by atomic mass is 16.3. The van der Waals surface area contributed by atoms with Crippen molar-refractivity contribution in [3.05, 3.63) is 82.5 Å². The van der Waals surface area contributed by atoms with Gasteiger partial charge in [-0.05, 0) is 46.4 Å². The van der Waals surface area contributed by atoms with Gasteiger partial charge in [-0.3, -0.25) is 4.79 Å². The van der Waals surface area contributed by atoms with Crippen LogP contribution in [0.1, 0.15) is 26.3 Å². The molecule has 3 aromatic carbocycles. The van der Waals surface area contributed by atoms with E-state index in [2.05, 4.69) is 45.0 Å². The quantitative estimate of drug-likeness (QED) is 0.407. The van der Waals surface area contributed by atoms with Crippen LogP contribution < -0.4 is 5.43 Å². The Bertz CT molecular complexity index is 1130. The number of rotatable bonds is 1. The first-order valence-corrected chi connectivity index (χ1v) is 8.50. The van der Waals surface area contributed by atoms with Crippen LogP contribution >= 0.6 is 0 Å². The summed E-state index contributed by atoms with van der Waals surface area (Å²) in [7, 11) is 0. The molecule has 0 amide bonds. The fourth-order valence-corrected chi connectivity index (χ4v) is 3.14. The Balaban J connectivity index is 1.86. The molecule has 0 saturated carbocycles. The van der Waals surface area contributed by atoms with Gasteiger partial charge in [0.1, 0.15) is 11.2 Å². The molecule has 2 heteroatoms. The Kier molecular flexibility index (Phi) is 3.50. The zero-order valence-corrected chi connectivity index (χ0v) is 14.7. The second kappa shape index (κ2) is 5.59. The first kappa shape index (κ1) is 15.6. The summed E-state index contributed by atoms with van der Waals surface area (Å²) in [6, 6.07) is 21.8. The average molecular weight is 328 g/mol. The molecule has 0 saturated heterocycles. The van der Waals surface area contributed by atoms with Gasteiger partial charge in [0.15, 0.2) is 0 Å². The van der Waals surface area contributed by atoms with Crippen molar-refractivity contribution in [1.82, 2.24) is 0 Å². The summed E-state index contributed by atoms with van der Waals surface area (Å²) in [6.45, 7) is 6.62. The second-order valence-corrected chi connectivity index (χ2v) is 7.47. The van der Waals surface area contributed by atoms with Crippen molar-refractivity contribution in [2.24, 2.45) is 0 Å². The SMILES string of the molecule is CC(C)(C)c1ccc(-c2ccc3c(=O)c4ccccc4oc3c2)cc1. The standard InChI is InChI=1S/C23H20O2/c1-23(2,3)17-11-8-15(9-12-17)16-10-13-19-21(14-16)25-20-7-5-4-6-18(20)22(19)24/h4-14H,1-3H3. The van der Waals surface area contributed by atoms with E-state index in [4.69, 9.17) is 4.42 Å². The van der Waals surface area contributed by atoms with Crippen molar-refractivity contribution >= 4 is 21.9 Å². The van der Waals surface area contributed by atoms with Gasteiger partial charge in [0.2, 0.25) is 5.43 Å². The molecule has 0 unspecified atom stereocenters. The Morgan fingerprint density at radius 3 is 2.08 bits per heavy atom. The maximum atomic E-state index is 12.6. The van der Waals surface area contributed by atoms with E-state index in [-0.39, 0.29) is 10.8 Å². The summed E-state index contributed by atoms with van der Waals surface area (Å²) in [5.74, 6) is 0. The predicted octanol–water partition coefficient (Wildman–Crippen LogP) is 5.91. The largest absolute Gasteiger partial charge is 0.456 e. The minimum atomic E-state index is 0.0199. The van der Waals surface area contributed by atoms with Gasteiger partial charge in [-0.25, -0.2) is 0 Å². The van der Waals surface area contributed by atoms with Crippen LogP contribution in [0.15, 0.2) is 75.9 Å². The van der Waals surface area contributed by atoms with E-state index in [1.807, 2.05) is 36.4 Å². The van der Waals surface area contributed by atoms with E-state index in [1.165, 1.54) is 5.56 Å². The van der Waals surface area contributed by atoms with E-state index in [0.717, 1.165) is 11.1 Å². The highest BCUT2D eigenvalue weighted by Crippen LogP contribution is 2.28. The first-order valence-electron chi connectivity index (χ1n) is 8.50. The van der Waals surface area contributed by atoms with Gasteiger partial charge < -0.3 is 4.42 Å². The predicted molar refractivity (Wildman–Crippen MR) is 104 cm³/mol. The summed E-state index contributed by atoms with van der Waals surface area (Å²) < 4.78 is 5.97.